The van der Waals surface area contributed by atoms with Crippen molar-refractivity contribution in [3.8, 4) is 0 Å². The summed E-state index contributed by atoms with van der Waals surface area (Å²) in [5.41, 5.74) is 12.2. The fourth-order valence-corrected chi connectivity index (χ4v) is 2.97. The van der Waals surface area contributed by atoms with E-state index in [-0.39, 0.29) is 19.3 Å². The summed E-state index contributed by atoms with van der Waals surface area (Å²) in [6.07, 6.45) is -0.189. The van der Waals surface area contributed by atoms with E-state index in [0.717, 1.165) is 11.1 Å². The van der Waals surface area contributed by atoms with Crippen molar-refractivity contribution in [3.05, 3.63) is 71.8 Å². The molecule has 0 bridgehead atoms. The maximum atomic E-state index is 12.9. The molecule has 3 amide bonds. The molecule has 0 saturated carbocycles. The number of amides is 3. The second kappa shape index (κ2) is 11.5. The Hall–Kier alpha value is -3.72. The smallest absolute Gasteiger partial charge is 0.326 e. The van der Waals surface area contributed by atoms with Crippen LogP contribution in [0, 0.1) is 0 Å². The van der Waals surface area contributed by atoms with E-state index in [0.29, 0.717) is 0 Å². The van der Waals surface area contributed by atoms with Crippen LogP contribution in [-0.4, -0.2) is 46.9 Å². The van der Waals surface area contributed by atoms with E-state index in [1.165, 1.54) is 0 Å². The molecule has 0 heterocycles. The predicted molar refractivity (Wildman–Crippen MR) is 114 cm³/mol. The van der Waals surface area contributed by atoms with Gasteiger partial charge in [-0.1, -0.05) is 60.7 Å². The lowest BCUT2D eigenvalue weighted by molar-refractivity contribution is -0.142. The molecule has 0 aromatic heterocycles. The van der Waals surface area contributed by atoms with E-state index in [4.69, 9.17) is 11.5 Å². The van der Waals surface area contributed by atoms with Crippen LogP contribution in [-0.2, 0) is 32.0 Å². The lowest BCUT2D eigenvalue weighted by atomic mass is 10.0. The molecule has 0 aliphatic rings. The number of aliphatic carboxylic acids is 1. The molecule has 0 aliphatic heterocycles. The largest absolute Gasteiger partial charge is 0.480 e. The van der Waals surface area contributed by atoms with Crippen LogP contribution in [0.1, 0.15) is 17.5 Å². The van der Waals surface area contributed by atoms with Crippen LogP contribution in [0.3, 0.4) is 0 Å². The van der Waals surface area contributed by atoms with Gasteiger partial charge in [0.15, 0.2) is 0 Å². The van der Waals surface area contributed by atoms with E-state index >= 15 is 0 Å². The monoisotopic (exact) mass is 426 g/mol. The lowest BCUT2D eigenvalue weighted by Crippen LogP contribution is -2.56. The minimum atomic E-state index is -1.22. The molecule has 9 heteroatoms. The van der Waals surface area contributed by atoms with Gasteiger partial charge in [0.1, 0.15) is 12.1 Å². The van der Waals surface area contributed by atoms with E-state index in [2.05, 4.69) is 10.6 Å². The summed E-state index contributed by atoms with van der Waals surface area (Å²) < 4.78 is 0. The lowest BCUT2D eigenvalue weighted by Gasteiger charge is -2.23. The zero-order valence-corrected chi connectivity index (χ0v) is 16.9. The first-order valence-corrected chi connectivity index (χ1v) is 9.71. The number of carbonyl (C=O) groups is 4. The van der Waals surface area contributed by atoms with E-state index < -0.39 is 41.8 Å². The quantitative estimate of drug-likeness (QED) is 0.332. The van der Waals surface area contributed by atoms with Crippen molar-refractivity contribution in [1.29, 1.82) is 0 Å². The fraction of sp³-hybridized carbons (Fsp3) is 0.273. The van der Waals surface area contributed by atoms with E-state index in [1.807, 2.05) is 0 Å². The Morgan fingerprint density at radius 3 is 1.68 bits per heavy atom. The molecule has 0 spiro atoms. The van der Waals surface area contributed by atoms with Gasteiger partial charge >= 0.3 is 5.97 Å². The third-order valence-corrected chi connectivity index (χ3v) is 4.57. The van der Waals surface area contributed by atoms with E-state index in [9.17, 15) is 24.3 Å². The molecule has 164 valence electrons. The third kappa shape index (κ3) is 7.90. The number of primary amides is 1. The van der Waals surface area contributed by atoms with Crippen molar-refractivity contribution in [2.75, 3.05) is 0 Å². The normalized spacial score (nSPS) is 13.5. The molecular formula is C22H26N4O5. The number of hydrogen-bond donors (Lipinski definition) is 5. The Balaban J connectivity index is 2.16. The molecule has 3 unspecified atom stereocenters. The Kier molecular flexibility index (Phi) is 8.71. The molecule has 7 N–H and O–H groups in total. The van der Waals surface area contributed by atoms with Crippen molar-refractivity contribution in [1.82, 2.24) is 10.6 Å². The summed E-state index contributed by atoms with van der Waals surface area (Å²) in [7, 11) is 0. The van der Waals surface area contributed by atoms with Crippen molar-refractivity contribution in [3.63, 3.8) is 0 Å². The first kappa shape index (κ1) is 23.6. The average Bonchev–Trinajstić information content (AvgIpc) is 2.73. The maximum Gasteiger partial charge on any atom is 0.326 e. The van der Waals surface area contributed by atoms with Crippen LogP contribution < -0.4 is 22.1 Å². The van der Waals surface area contributed by atoms with E-state index in [1.54, 1.807) is 60.7 Å². The van der Waals surface area contributed by atoms with Crippen molar-refractivity contribution in [2.45, 2.75) is 37.4 Å². The second-order valence-corrected chi connectivity index (χ2v) is 7.12. The van der Waals surface area contributed by atoms with Gasteiger partial charge in [-0.25, -0.2) is 4.79 Å². The third-order valence-electron chi connectivity index (χ3n) is 4.57. The molecule has 2 aromatic rings. The van der Waals surface area contributed by atoms with Gasteiger partial charge in [-0.05, 0) is 11.1 Å². The number of carbonyl (C=O) groups excluding carboxylic acids is 3. The van der Waals surface area contributed by atoms with Gasteiger partial charge in [0.2, 0.25) is 17.7 Å². The Morgan fingerprint density at radius 1 is 0.774 bits per heavy atom. The number of hydrogen-bond acceptors (Lipinski definition) is 5. The van der Waals surface area contributed by atoms with Gasteiger partial charge in [0.25, 0.3) is 0 Å². The summed E-state index contributed by atoms with van der Waals surface area (Å²) in [6, 6.07) is 14.3. The van der Waals surface area contributed by atoms with Gasteiger partial charge < -0.3 is 27.2 Å². The molecule has 31 heavy (non-hydrogen) atoms. The second-order valence-electron chi connectivity index (χ2n) is 7.12. The number of carboxylic acids is 1. The number of carboxylic acid groups (broad SMARTS) is 1. The summed E-state index contributed by atoms with van der Waals surface area (Å²) in [6.45, 7) is 0. The Labute approximate surface area is 179 Å². The molecule has 0 saturated heterocycles. The number of benzene rings is 2. The van der Waals surface area contributed by atoms with Crippen molar-refractivity contribution < 1.29 is 24.3 Å². The number of rotatable bonds is 11. The molecule has 2 rings (SSSR count). The molecule has 9 nitrogen and oxygen atoms in total. The average molecular weight is 426 g/mol. The highest BCUT2D eigenvalue weighted by Gasteiger charge is 2.28. The van der Waals surface area contributed by atoms with Crippen molar-refractivity contribution in [2.24, 2.45) is 11.5 Å². The first-order valence-electron chi connectivity index (χ1n) is 9.71. The number of nitrogens with one attached hydrogen (secondary N) is 2. The van der Waals surface area contributed by atoms with Crippen LogP contribution in [0.5, 0.6) is 0 Å². The Morgan fingerprint density at radius 2 is 1.23 bits per heavy atom. The first-order chi connectivity index (χ1) is 14.8. The van der Waals surface area contributed by atoms with Gasteiger partial charge in [0, 0.05) is 12.8 Å². The number of nitrogens with two attached hydrogens (primary N) is 2. The minimum Gasteiger partial charge on any atom is -0.480 e. The minimum absolute atomic E-state index is 0.0785. The molecule has 3 atom stereocenters. The zero-order chi connectivity index (χ0) is 22.8. The highest BCUT2D eigenvalue weighted by molar-refractivity contribution is 5.93. The maximum absolute atomic E-state index is 12.9. The SMILES string of the molecule is NC(=O)CC(N)C(=O)NC(Cc1ccccc1)C(=O)NC(Cc1ccccc1)C(=O)O. The highest BCUT2D eigenvalue weighted by atomic mass is 16.4. The van der Waals surface area contributed by atoms with Crippen LogP contribution >= 0.6 is 0 Å². The van der Waals surface area contributed by atoms with Gasteiger partial charge in [-0.15, -0.1) is 0 Å². The van der Waals surface area contributed by atoms with Crippen LogP contribution in [0.15, 0.2) is 60.7 Å². The summed E-state index contributed by atoms with van der Waals surface area (Å²) in [5.74, 6) is -3.36. The molecule has 0 fully saturated rings. The van der Waals surface area contributed by atoms with Gasteiger partial charge in [0.05, 0.1) is 12.5 Å². The summed E-state index contributed by atoms with van der Waals surface area (Å²) in [5, 5.41) is 14.5. The van der Waals surface area contributed by atoms with Crippen molar-refractivity contribution >= 4 is 23.7 Å². The van der Waals surface area contributed by atoms with Crippen LogP contribution in [0.2, 0.25) is 0 Å². The molecule has 2 aromatic carbocycles. The zero-order valence-electron chi connectivity index (χ0n) is 16.9. The van der Waals surface area contributed by atoms with Crippen LogP contribution in [0.4, 0.5) is 0 Å². The predicted octanol–water partition coefficient (Wildman–Crippen LogP) is -0.271. The summed E-state index contributed by atoms with van der Waals surface area (Å²) >= 11 is 0. The van der Waals surface area contributed by atoms with Gasteiger partial charge in [-0.3, -0.25) is 14.4 Å². The molecule has 0 aliphatic carbocycles. The topological polar surface area (TPSA) is 165 Å². The fourth-order valence-electron chi connectivity index (χ4n) is 2.97. The Bertz CT molecular complexity index is 905. The summed E-state index contributed by atoms with van der Waals surface area (Å²) in [4.78, 5) is 48.0. The molecular weight excluding hydrogens is 400 g/mol. The molecule has 0 radical (unpaired) electrons. The highest BCUT2D eigenvalue weighted by Crippen LogP contribution is 2.07. The standard InChI is InChI=1S/C22H26N4O5/c23-16(13-19(24)27)20(28)25-17(11-14-7-3-1-4-8-14)21(29)26-18(22(30)31)12-15-9-5-2-6-10-15/h1-10,16-18H,11-13,23H2,(H2,24,27)(H,25,28)(H,26,29)(H,30,31). The van der Waals surface area contributed by atoms with Gasteiger partial charge in [-0.2, -0.15) is 0 Å². The van der Waals surface area contributed by atoms with Crippen LogP contribution in [0.25, 0.3) is 0 Å².